The molecule has 0 spiro atoms. The van der Waals surface area contributed by atoms with Crippen LogP contribution in [-0.4, -0.2) is 5.78 Å². The van der Waals surface area contributed by atoms with Gasteiger partial charge in [-0.15, -0.1) is 0 Å². The first kappa shape index (κ1) is 14.6. The number of hydrogen-bond acceptors (Lipinski definition) is 2. The van der Waals surface area contributed by atoms with Crippen molar-refractivity contribution in [1.29, 1.82) is 0 Å². The molecule has 3 rings (SSSR count). The lowest BCUT2D eigenvalue weighted by Gasteiger charge is -2.06. The summed E-state index contributed by atoms with van der Waals surface area (Å²) in [5, 5.41) is 0. The van der Waals surface area contributed by atoms with Crippen LogP contribution in [0.1, 0.15) is 21.5 Å². The van der Waals surface area contributed by atoms with Crippen LogP contribution in [0.25, 0.3) is 0 Å². The van der Waals surface area contributed by atoms with E-state index in [1.54, 1.807) is 11.8 Å². The third-order valence-electron chi connectivity index (χ3n) is 3.47. The van der Waals surface area contributed by atoms with Gasteiger partial charge in [0.2, 0.25) is 0 Å². The summed E-state index contributed by atoms with van der Waals surface area (Å²) in [5.74, 6) is 0.0630. The average Bonchev–Trinajstić information content (AvgIpc) is 2.58. The second-order valence-corrected chi connectivity index (χ2v) is 6.20. The average molecular weight is 304 g/mol. The monoisotopic (exact) mass is 304 g/mol. The number of benzene rings is 3. The Labute approximate surface area is 135 Å². The standard InChI is InChI=1S/C20H16OS/c1-15-7-5-6-10-19(15)22-18-13-11-17(12-14-18)20(21)16-8-3-2-4-9-16/h2-14H,1H3. The molecule has 0 atom stereocenters. The highest BCUT2D eigenvalue weighted by atomic mass is 32.2. The van der Waals surface area contributed by atoms with Crippen LogP contribution in [0.5, 0.6) is 0 Å². The third-order valence-corrected chi connectivity index (χ3v) is 4.66. The van der Waals surface area contributed by atoms with Crippen molar-refractivity contribution in [3.05, 3.63) is 95.6 Å². The second-order valence-electron chi connectivity index (χ2n) is 5.09. The molecular formula is C20H16OS. The highest BCUT2D eigenvalue weighted by molar-refractivity contribution is 7.99. The normalized spacial score (nSPS) is 10.4. The molecule has 3 aromatic rings. The Kier molecular flexibility index (Phi) is 4.40. The van der Waals surface area contributed by atoms with Gasteiger partial charge in [0.15, 0.2) is 5.78 Å². The summed E-state index contributed by atoms with van der Waals surface area (Å²) in [4.78, 5) is 14.7. The van der Waals surface area contributed by atoms with E-state index in [1.807, 2.05) is 66.7 Å². The zero-order chi connectivity index (χ0) is 15.4. The van der Waals surface area contributed by atoms with Crippen LogP contribution in [0.2, 0.25) is 0 Å². The Morgan fingerprint density at radius 2 is 1.32 bits per heavy atom. The van der Waals surface area contributed by atoms with Crippen molar-refractivity contribution in [1.82, 2.24) is 0 Å². The quantitative estimate of drug-likeness (QED) is 0.602. The van der Waals surface area contributed by atoms with Gasteiger partial charge in [0, 0.05) is 20.9 Å². The van der Waals surface area contributed by atoms with E-state index in [4.69, 9.17) is 0 Å². The number of aryl methyl sites for hydroxylation is 1. The van der Waals surface area contributed by atoms with E-state index >= 15 is 0 Å². The summed E-state index contributed by atoms with van der Waals surface area (Å²) in [6.07, 6.45) is 0. The van der Waals surface area contributed by atoms with E-state index in [-0.39, 0.29) is 5.78 Å². The summed E-state index contributed by atoms with van der Waals surface area (Å²) < 4.78 is 0. The summed E-state index contributed by atoms with van der Waals surface area (Å²) in [6.45, 7) is 2.11. The molecule has 1 nitrogen and oxygen atoms in total. The molecule has 108 valence electrons. The molecule has 22 heavy (non-hydrogen) atoms. The summed E-state index contributed by atoms with van der Waals surface area (Å²) in [6, 6.07) is 25.5. The first-order chi connectivity index (χ1) is 10.7. The number of hydrogen-bond donors (Lipinski definition) is 0. The molecule has 3 aromatic carbocycles. The summed E-state index contributed by atoms with van der Waals surface area (Å²) >= 11 is 1.72. The second kappa shape index (κ2) is 6.63. The Hall–Kier alpha value is -2.32. The topological polar surface area (TPSA) is 17.1 Å². The maximum absolute atomic E-state index is 12.4. The Bertz CT molecular complexity index is 776. The van der Waals surface area contributed by atoms with Gasteiger partial charge in [0.25, 0.3) is 0 Å². The zero-order valence-corrected chi connectivity index (χ0v) is 13.1. The van der Waals surface area contributed by atoms with Crippen LogP contribution in [0.3, 0.4) is 0 Å². The highest BCUT2D eigenvalue weighted by Crippen LogP contribution is 2.30. The van der Waals surface area contributed by atoms with Gasteiger partial charge < -0.3 is 0 Å². The molecule has 0 saturated heterocycles. The molecule has 0 radical (unpaired) electrons. The molecule has 0 N–H and O–H groups in total. The first-order valence-corrected chi connectivity index (χ1v) is 7.99. The van der Waals surface area contributed by atoms with E-state index in [0.717, 1.165) is 16.0 Å². The Morgan fingerprint density at radius 3 is 2.00 bits per heavy atom. The van der Waals surface area contributed by atoms with Crippen LogP contribution in [0.4, 0.5) is 0 Å². The molecule has 0 fully saturated rings. The zero-order valence-electron chi connectivity index (χ0n) is 12.3. The maximum Gasteiger partial charge on any atom is 0.193 e. The van der Waals surface area contributed by atoms with Gasteiger partial charge in [0.1, 0.15) is 0 Å². The number of ketones is 1. The van der Waals surface area contributed by atoms with E-state index in [9.17, 15) is 4.79 Å². The molecule has 0 amide bonds. The Morgan fingerprint density at radius 1 is 0.727 bits per heavy atom. The van der Waals surface area contributed by atoms with Crippen molar-refractivity contribution >= 4 is 17.5 Å². The fourth-order valence-electron chi connectivity index (χ4n) is 2.23. The minimum absolute atomic E-state index is 0.0630. The van der Waals surface area contributed by atoms with Gasteiger partial charge in [-0.2, -0.15) is 0 Å². The van der Waals surface area contributed by atoms with Crippen molar-refractivity contribution < 1.29 is 4.79 Å². The molecule has 0 unspecified atom stereocenters. The van der Waals surface area contributed by atoms with Crippen LogP contribution in [0.15, 0.2) is 88.7 Å². The predicted molar refractivity (Wildman–Crippen MR) is 91.6 cm³/mol. The molecule has 0 saturated carbocycles. The lowest BCUT2D eigenvalue weighted by atomic mass is 10.0. The van der Waals surface area contributed by atoms with Crippen molar-refractivity contribution in [2.45, 2.75) is 16.7 Å². The van der Waals surface area contributed by atoms with Crippen molar-refractivity contribution in [2.75, 3.05) is 0 Å². The fraction of sp³-hybridized carbons (Fsp3) is 0.0500. The lowest BCUT2D eigenvalue weighted by molar-refractivity contribution is 0.103. The summed E-state index contributed by atoms with van der Waals surface area (Å²) in [5.41, 5.74) is 2.71. The molecule has 2 heteroatoms. The molecule has 0 aliphatic heterocycles. The number of carbonyl (C=O) groups is 1. The molecular weight excluding hydrogens is 288 g/mol. The van der Waals surface area contributed by atoms with Crippen LogP contribution in [0, 0.1) is 6.92 Å². The van der Waals surface area contributed by atoms with Gasteiger partial charge in [0.05, 0.1) is 0 Å². The first-order valence-electron chi connectivity index (χ1n) is 7.17. The fourth-order valence-corrected chi connectivity index (χ4v) is 3.13. The van der Waals surface area contributed by atoms with Gasteiger partial charge in [-0.05, 0) is 42.8 Å². The molecule has 0 aliphatic rings. The van der Waals surface area contributed by atoms with E-state index in [1.165, 1.54) is 10.5 Å². The lowest BCUT2D eigenvalue weighted by Crippen LogP contribution is -2.00. The van der Waals surface area contributed by atoms with Crippen molar-refractivity contribution in [3.63, 3.8) is 0 Å². The minimum Gasteiger partial charge on any atom is -0.289 e. The van der Waals surface area contributed by atoms with Gasteiger partial charge >= 0.3 is 0 Å². The third kappa shape index (κ3) is 3.29. The smallest absolute Gasteiger partial charge is 0.193 e. The Balaban J connectivity index is 1.79. The summed E-state index contributed by atoms with van der Waals surface area (Å²) in [7, 11) is 0. The number of carbonyl (C=O) groups excluding carboxylic acids is 1. The maximum atomic E-state index is 12.4. The van der Waals surface area contributed by atoms with Gasteiger partial charge in [-0.25, -0.2) is 0 Å². The van der Waals surface area contributed by atoms with E-state index < -0.39 is 0 Å². The van der Waals surface area contributed by atoms with E-state index in [0.29, 0.717) is 0 Å². The van der Waals surface area contributed by atoms with Gasteiger partial charge in [-0.1, -0.05) is 60.3 Å². The minimum atomic E-state index is 0.0630. The van der Waals surface area contributed by atoms with Crippen molar-refractivity contribution in [2.24, 2.45) is 0 Å². The highest BCUT2D eigenvalue weighted by Gasteiger charge is 2.08. The molecule has 0 aliphatic carbocycles. The molecule has 0 heterocycles. The largest absolute Gasteiger partial charge is 0.289 e. The number of rotatable bonds is 4. The van der Waals surface area contributed by atoms with E-state index in [2.05, 4.69) is 19.1 Å². The predicted octanol–water partition coefficient (Wildman–Crippen LogP) is 5.38. The SMILES string of the molecule is Cc1ccccc1Sc1ccc(C(=O)c2ccccc2)cc1. The van der Waals surface area contributed by atoms with Crippen molar-refractivity contribution in [3.8, 4) is 0 Å². The van der Waals surface area contributed by atoms with Crippen LogP contribution < -0.4 is 0 Å². The molecule has 0 bridgehead atoms. The van der Waals surface area contributed by atoms with Crippen LogP contribution >= 0.6 is 11.8 Å². The van der Waals surface area contributed by atoms with Crippen LogP contribution in [-0.2, 0) is 0 Å². The molecule has 0 aromatic heterocycles. The van der Waals surface area contributed by atoms with Gasteiger partial charge in [-0.3, -0.25) is 4.79 Å².